The summed E-state index contributed by atoms with van der Waals surface area (Å²) in [4.78, 5) is 4.21. The maximum atomic E-state index is 6.34. The first-order valence-electron chi connectivity index (χ1n) is 6.60. The number of aryl methyl sites for hydroxylation is 1. The summed E-state index contributed by atoms with van der Waals surface area (Å²) in [6.45, 7) is 6.03. The van der Waals surface area contributed by atoms with Gasteiger partial charge in [-0.25, -0.2) is 0 Å². The van der Waals surface area contributed by atoms with Gasteiger partial charge in [0.15, 0.2) is 0 Å². The van der Waals surface area contributed by atoms with E-state index in [9.17, 15) is 0 Å². The highest BCUT2D eigenvalue weighted by Crippen LogP contribution is 2.28. The second-order valence-electron chi connectivity index (χ2n) is 5.12. The number of aromatic nitrogens is 1. The Kier molecular flexibility index (Phi) is 4.78. The van der Waals surface area contributed by atoms with Gasteiger partial charge in [-0.15, -0.1) is 0 Å². The Bertz CT molecular complexity index is 599. The van der Waals surface area contributed by atoms with Gasteiger partial charge >= 0.3 is 0 Å². The predicted octanol–water partition coefficient (Wildman–Crippen LogP) is 3.99. The van der Waals surface area contributed by atoms with Crippen LogP contribution in [0.3, 0.4) is 0 Å². The molecule has 4 heteroatoms. The summed E-state index contributed by atoms with van der Waals surface area (Å²) in [6, 6.07) is 7.89. The van der Waals surface area contributed by atoms with Gasteiger partial charge in [-0.2, -0.15) is 0 Å². The van der Waals surface area contributed by atoms with E-state index < -0.39 is 0 Å². The van der Waals surface area contributed by atoms with Crippen molar-refractivity contribution in [3.05, 3.63) is 57.8 Å². The van der Waals surface area contributed by atoms with Crippen molar-refractivity contribution in [3.63, 3.8) is 0 Å². The smallest absolute Gasteiger partial charge is 0.138 e. The van der Waals surface area contributed by atoms with Gasteiger partial charge in [0.25, 0.3) is 0 Å². The number of rotatable bonds is 4. The zero-order valence-corrected chi connectivity index (χ0v) is 13.5. The van der Waals surface area contributed by atoms with E-state index in [4.69, 9.17) is 10.5 Å². The molecule has 0 saturated carbocycles. The molecule has 0 aliphatic rings. The molecule has 20 heavy (non-hydrogen) atoms. The number of hydrogen-bond acceptors (Lipinski definition) is 3. The molecule has 0 saturated heterocycles. The van der Waals surface area contributed by atoms with E-state index in [1.165, 1.54) is 5.56 Å². The Morgan fingerprint density at radius 1 is 1.20 bits per heavy atom. The summed E-state index contributed by atoms with van der Waals surface area (Å²) in [5, 5.41) is 0. The number of nitrogens with two attached hydrogens (primary N) is 1. The van der Waals surface area contributed by atoms with E-state index in [1.807, 2.05) is 26.0 Å². The molecule has 1 heterocycles. The van der Waals surface area contributed by atoms with Gasteiger partial charge in [0, 0.05) is 10.7 Å². The Hall–Kier alpha value is -1.39. The molecule has 2 rings (SSSR count). The molecule has 1 atom stereocenters. The number of halogens is 1. The maximum absolute atomic E-state index is 6.34. The highest BCUT2D eigenvalue weighted by molar-refractivity contribution is 9.10. The SMILES string of the molecule is Cc1ccc(C(N)c2cncc(OC(C)C)c2)c(Br)c1. The molecule has 0 fully saturated rings. The fraction of sp³-hybridized carbons (Fsp3) is 0.312. The third kappa shape index (κ3) is 3.58. The summed E-state index contributed by atoms with van der Waals surface area (Å²) in [6.07, 6.45) is 3.61. The highest BCUT2D eigenvalue weighted by Gasteiger charge is 2.13. The number of hydrogen-bond donors (Lipinski definition) is 1. The van der Waals surface area contributed by atoms with Gasteiger partial charge in [0.1, 0.15) is 5.75 Å². The summed E-state index contributed by atoms with van der Waals surface area (Å²) >= 11 is 3.57. The molecule has 0 aliphatic carbocycles. The first kappa shape index (κ1) is 15.0. The Morgan fingerprint density at radius 3 is 2.60 bits per heavy atom. The molecular formula is C16H19BrN2O. The van der Waals surface area contributed by atoms with Crippen LogP contribution < -0.4 is 10.5 Å². The summed E-state index contributed by atoms with van der Waals surface area (Å²) in [5.41, 5.74) is 9.52. The fourth-order valence-corrected chi connectivity index (χ4v) is 2.75. The molecule has 106 valence electrons. The van der Waals surface area contributed by atoms with Gasteiger partial charge in [-0.05, 0) is 49.6 Å². The van der Waals surface area contributed by atoms with Crippen molar-refractivity contribution in [2.24, 2.45) is 5.73 Å². The number of benzene rings is 1. The second kappa shape index (κ2) is 6.37. The van der Waals surface area contributed by atoms with Gasteiger partial charge < -0.3 is 10.5 Å². The van der Waals surface area contributed by atoms with Gasteiger partial charge in [-0.3, -0.25) is 4.98 Å². The minimum absolute atomic E-state index is 0.120. The molecule has 0 bridgehead atoms. The molecule has 1 aromatic carbocycles. The lowest BCUT2D eigenvalue weighted by Gasteiger charge is -2.16. The van der Waals surface area contributed by atoms with Gasteiger partial charge in [-0.1, -0.05) is 28.1 Å². The minimum Gasteiger partial charge on any atom is -0.489 e. The highest BCUT2D eigenvalue weighted by atomic mass is 79.9. The van der Waals surface area contributed by atoms with Crippen LogP contribution in [0, 0.1) is 6.92 Å². The normalized spacial score (nSPS) is 12.5. The van der Waals surface area contributed by atoms with Crippen molar-refractivity contribution >= 4 is 15.9 Å². The molecule has 2 N–H and O–H groups in total. The van der Waals surface area contributed by atoms with Crippen molar-refractivity contribution in [1.29, 1.82) is 0 Å². The minimum atomic E-state index is -0.229. The fourth-order valence-electron chi connectivity index (χ4n) is 2.01. The average Bonchev–Trinajstić information content (AvgIpc) is 2.37. The van der Waals surface area contributed by atoms with Crippen molar-refractivity contribution < 1.29 is 4.74 Å². The van der Waals surface area contributed by atoms with Crippen LogP contribution in [0.1, 0.15) is 36.6 Å². The molecule has 2 aromatic rings. The van der Waals surface area contributed by atoms with Crippen LogP contribution in [0.5, 0.6) is 5.75 Å². The third-order valence-electron chi connectivity index (χ3n) is 2.96. The van der Waals surface area contributed by atoms with E-state index in [0.29, 0.717) is 0 Å². The van der Waals surface area contributed by atoms with Crippen LogP contribution in [-0.4, -0.2) is 11.1 Å². The lowest BCUT2D eigenvalue weighted by Crippen LogP contribution is -2.14. The first-order valence-corrected chi connectivity index (χ1v) is 7.40. The van der Waals surface area contributed by atoms with E-state index in [0.717, 1.165) is 21.3 Å². The van der Waals surface area contributed by atoms with Crippen LogP contribution in [-0.2, 0) is 0 Å². The molecule has 0 aliphatic heterocycles. The Morgan fingerprint density at radius 2 is 1.95 bits per heavy atom. The van der Waals surface area contributed by atoms with Crippen molar-refractivity contribution in [2.75, 3.05) is 0 Å². The van der Waals surface area contributed by atoms with Crippen LogP contribution >= 0.6 is 15.9 Å². The zero-order chi connectivity index (χ0) is 14.7. The molecular weight excluding hydrogens is 316 g/mol. The monoisotopic (exact) mass is 334 g/mol. The topological polar surface area (TPSA) is 48.1 Å². The lowest BCUT2D eigenvalue weighted by molar-refractivity contribution is 0.241. The van der Waals surface area contributed by atoms with E-state index in [1.54, 1.807) is 12.4 Å². The molecule has 0 radical (unpaired) electrons. The summed E-state index contributed by atoms with van der Waals surface area (Å²) in [7, 11) is 0. The van der Waals surface area contributed by atoms with Crippen LogP contribution in [0.15, 0.2) is 41.1 Å². The van der Waals surface area contributed by atoms with Crippen molar-refractivity contribution in [3.8, 4) is 5.75 Å². The van der Waals surface area contributed by atoms with Crippen LogP contribution in [0.2, 0.25) is 0 Å². The molecule has 3 nitrogen and oxygen atoms in total. The third-order valence-corrected chi connectivity index (χ3v) is 3.64. The number of ether oxygens (including phenoxy) is 1. The van der Waals surface area contributed by atoms with Gasteiger partial charge in [0.2, 0.25) is 0 Å². The van der Waals surface area contributed by atoms with E-state index in [2.05, 4.69) is 40.0 Å². The second-order valence-corrected chi connectivity index (χ2v) is 5.98. The molecule has 1 unspecified atom stereocenters. The molecule has 1 aromatic heterocycles. The Balaban J connectivity index is 2.30. The van der Waals surface area contributed by atoms with Gasteiger partial charge in [0.05, 0.1) is 18.3 Å². The first-order chi connectivity index (χ1) is 9.47. The zero-order valence-electron chi connectivity index (χ0n) is 11.9. The van der Waals surface area contributed by atoms with E-state index >= 15 is 0 Å². The van der Waals surface area contributed by atoms with Crippen molar-refractivity contribution in [1.82, 2.24) is 4.98 Å². The quantitative estimate of drug-likeness (QED) is 0.919. The Labute approximate surface area is 128 Å². The molecule has 0 spiro atoms. The van der Waals surface area contributed by atoms with E-state index in [-0.39, 0.29) is 12.1 Å². The van der Waals surface area contributed by atoms with Crippen LogP contribution in [0.25, 0.3) is 0 Å². The van der Waals surface area contributed by atoms with Crippen LogP contribution in [0.4, 0.5) is 0 Å². The largest absolute Gasteiger partial charge is 0.489 e. The number of nitrogens with zero attached hydrogens (tertiary/aromatic N) is 1. The summed E-state index contributed by atoms with van der Waals surface area (Å²) < 4.78 is 6.67. The number of pyridine rings is 1. The van der Waals surface area contributed by atoms with Crippen molar-refractivity contribution in [2.45, 2.75) is 32.9 Å². The molecule has 0 amide bonds. The predicted molar refractivity (Wildman–Crippen MR) is 84.9 cm³/mol. The standard InChI is InChI=1S/C16H19BrN2O/c1-10(2)20-13-7-12(8-19-9-13)16(18)14-5-4-11(3)6-15(14)17/h4-10,16H,18H2,1-3H3. The lowest BCUT2D eigenvalue weighted by atomic mass is 10.00. The maximum Gasteiger partial charge on any atom is 0.138 e. The summed E-state index contributed by atoms with van der Waals surface area (Å²) in [5.74, 6) is 0.746. The average molecular weight is 335 g/mol.